The standard InChI is InChI=1S/C6H12O.2C5H10O/c1-5(7)6(2,3)4;2*1-2-4-6-5-3-1/h1-4H3;2*1-5H2. The van der Waals surface area contributed by atoms with E-state index >= 15 is 0 Å². The zero-order chi connectivity index (χ0) is 14.6. The number of ether oxygens (including phenoxy) is 2. The first-order valence-corrected chi connectivity index (χ1v) is 7.61. The molecule has 19 heavy (non-hydrogen) atoms. The van der Waals surface area contributed by atoms with Gasteiger partial charge in [-0.3, -0.25) is 4.79 Å². The van der Waals surface area contributed by atoms with Gasteiger partial charge in [0.15, 0.2) is 0 Å². The summed E-state index contributed by atoms with van der Waals surface area (Å²) in [6.07, 6.45) is 7.86. The van der Waals surface area contributed by atoms with Crippen molar-refractivity contribution in [2.75, 3.05) is 26.4 Å². The molecule has 0 aromatic carbocycles. The van der Waals surface area contributed by atoms with Crippen molar-refractivity contribution in [1.82, 2.24) is 0 Å². The molecule has 0 radical (unpaired) electrons. The molecule has 0 saturated carbocycles. The summed E-state index contributed by atoms with van der Waals surface area (Å²) < 4.78 is 10.1. The number of carbonyl (C=O) groups is 1. The molecule has 0 spiro atoms. The first-order chi connectivity index (χ1) is 8.94. The van der Waals surface area contributed by atoms with E-state index in [-0.39, 0.29) is 11.2 Å². The fraction of sp³-hybridized carbons (Fsp3) is 0.938. The van der Waals surface area contributed by atoms with Gasteiger partial charge in [-0.25, -0.2) is 0 Å². The third-order valence-electron chi connectivity index (χ3n) is 3.21. The SMILES string of the molecule is C1CCOCC1.C1CCOCC1.CC(=O)C(C)(C)C. The summed E-state index contributed by atoms with van der Waals surface area (Å²) >= 11 is 0. The number of hydrogen-bond donors (Lipinski definition) is 0. The van der Waals surface area contributed by atoms with Crippen LogP contribution in [-0.2, 0) is 14.3 Å². The van der Waals surface area contributed by atoms with E-state index < -0.39 is 0 Å². The van der Waals surface area contributed by atoms with Crippen molar-refractivity contribution < 1.29 is 14.3 Å². The topological polar surface area (TPSA) is 35.5 Å². The van der Waals surface area contributed by atoms with Gasteiger partial charge in [0.1, 0.15) is 5.78 Å². The van der Waals surface area contributed by atoms with Gasteiger partial charge in [0, 0.05) is 31.8 Å². The van der Waals surface area contributed by atoms with E-state index in [0.29, 0.717) is 0 Å². The van der Waals surface area contributed by atoms with Crippen LogP contribution >= 0.6 is 0 Å². The molecule has 2 fully saturated rings. The van der Waals surface area contributed by atoms with Crippen molar-refractivity contribution in [3.05, 3.63) is 0 Å². The van der Waals surface area contributed by atoms with E-state index in [2.05, 4.69) is 0 Å². The molecule has 0 aromatic rings. The van der Waals surface area contributed by atoms with Gasteiger partial charge in [-0.1, -0.05) is 20.8 Å². The van der Waals surface area contributed by atoms with Crippen LogP contribution in [0.2, 0.25) is 0 Å². The minimum absolute atomic E-state index is 0.139. The maximum atomic E-state index is 10.5. The first kappa shape index (κ1) is 18.6. The molecular formula is C16H32O3. The maximum Gasteiger partial charge on any atom is 0.135 e. The lowest BCUT2D eigenvalue weighted by molar-refractivity contribution is -0.124. The molecular weight excluding hydrogens is 240 g/mol. The molecule has 2 heterocycles. The predicted molar refractivity (Wildman–Crippen MR) is 79.5 cm³/mol. The minimum atomic E-state index is -0.139. The summed E-state index contributed by atoms with van der Waals surface area (Å²) in [5, 5.41) is 0. The Morgan fingerprint density at radius 2 is 1.00 bits per heavy atom. The van der Waals surface area contributed by atoms with Crippen LogP contribution in [0, 0.1) is 5.41 Å². The minimum Gasteiger partial charge on any atom is -0.381 e. The summed E-state index contributed by atoms with van der Waals surface area (Å²) in [6, 6.07) is 0. The van der Waals surface area contributed by atoms with E-state index in [9.17, 15) is 4.79 Å². The Morgan fingerprint density at radius 3 is 1.05 bits per heavy atom. The van der Waals surface area contributed by atoms with Gasteiger partial charge in [-0.2, -0.15) is 0 Å². The number of Topliss-reactive ketones (excluding diaryl/α,β-unsaturated/α-hetero) is 1. The highest BCUT2D eigenvalue weighted by Gasteiger charge is 2.14. The van der Waals surface area contributed by atoms with E-state index in [1.54, 1.807) is 6.92 Å². The summed E-state index contributed by atoms with van der Waals surface area (Å²) in [4.78, 5) is 10.5. The average molecular weight is 272 g/mol. The Bertz CT molecular complexity index is 176. The molecule has 2 aliphatic heterocycles. The third kappa shape index (κ3) is 13.8. The van der Waals surface area contributed by atoms with Crippen LogP contribution in [0.25, 0.3) is 0 Å². The van der Waals surface area contributed by atoms with E-state index in [1.807, 2.05) is 20.8 Å². The van der Waals surface area contributed by atoms with Crippen molar-refractivity contribution in [1.29, 1.82) is 0 Å². The van der Waals surface area contributed by atoms with Gasteiger partial charge in [0.2, 0.25) is 0 Å². The first-order valence-electron chi connectivity index (χ1n) is 7.61. The van der Waals surface area contributed by atoms with E-state index in [4.69, 9.17) is 9.47 Å². The normalized spacial score (nSPS) is 19.4. The van der Waals surface area contributed by atoms with Gasteiger partial charge in [0.05, 0.1) is 0 Å². The summed E-state index contributed by atoms with van der Waals surface area (Å²) in [5.74, 6) is 0.243. The number of carbonyl (C=O) groups excluding carboxylic acids is 1. The molecule has 0 aromatic heterocycles. The molecule has 3 nitrogen and oxygen atoms in total. The van der Waals surface area contributed by atoms with Gasteiger partial charge >= 0.3 is 0 Å². The molecule has 2 rings (SSSR count). The molecule has 0 amide bonds. The van der Waals surface area contributed by atoms with E-state index in [0.717, 1.165) is 26.4 Å². The van der Waals surface area contributed by atoms with Crippen molar-refractivity contribution in [2.45, 2.75) is 66.2 Å². The molecule has 114 valence electrons. The highest BCUT2D eigenvalue weighted by molar-refractivity contribution is 5.80. The van der Waals surface area contributed by atoms with Crippen molar-refractivity contribution in [3.63, 3.8) is 0 Å². The lowest BCUT2D eigenvalue weighted by atomic mass is 9.92. The summed E-state index contributed by atoms with van der Waals surface area (Å²) in [5.41, 5.74) is -0.139. The Labute approximate surface area is 119 Å². The quantitative estimate of drug-likeness (QED) is 0.668. The molecule has 2 aliphatic rings. The van der Waals surface area contributed by atoms with Crippen LogP contribution in [0.3, 0.4) is 0 Å². The van der Waals surface area contributed by atoms with Crippen LogP contribution in [0.5, 0.6) is 0 Å². The molecule has 0 aliphatic carbocycles. The van der Waals surface area contributed by atoms with Crippen LogP contribution in [-0.4, -0.2) is 32.2 Å². The number of ketones is 1. The summed E-state index contributed by atoms with van der Waals surface area (Å²) in [6.45, 7) is 11.3. The third-order valence-corrected chi connectivity index (χ3v) is 3.21. The fourth-order valence-electron chi connectivity index (χ4n) is 1.37. The van der Waals surface area contributed by atoms with Crippen molar-refractivity contribution >= 4 is 5.78 Å². The molecule has 2 saturated heterocycles. The highest BCUT2D eigenvalue weighted by Crippen LogP contribution is 2.12. The van der Waals surface area contributed by atoms with E-state index in [1.165, 1.54) is 38.5 Å². The lowest BCUT2D eigenvalue weighted by Crippen LogP contribution is -2.15. The van der Waals surface area contributed by atoms with Crippen LogP contribution < -0.4 is 0 Å². The Balaban J connectivity index is 0.000000256. The van der Waals surface area contributed by atoms with Gasteiger partial charge in [-0.05, 0) is 45.4 Å². The van der Waals surface area contributed by atoms with Crippen LogP contribution in [0.1, 0.15) is 66.2 Å². The molecule has 0 N–H and O–H groups in total. The summed E-state index contributed by atoms with van der Waals surface area (Å²) in [7, 11) is 0. The Hall–Kier alpha value is -0.410. The molecule has 0 bridgehead atoms. The second-order valence-electron chi connectivity index (χ2n) is 6.15. The molecule has 0 unspecified atom stereocenters. The Morgan fingerprint density at radius 1 is 0.737 bits per heavy atom. The number of rotatable bonds is 0. The highest BCUT2D eigenvalue weighted by atomic mass is 16.5. The van der Waals surface area contributed by atoms with Crippen molar-refractivity contribution in [3.8, 4) is 0 Å². The smallest absolute Gasteiger partial charge is 0.135 e. The monoisotopic (exact) mass is 272 g/mol. The van der Waals surface area contributed by atoms with Crippen molar-refractivity contribution in [2.24, 2.45) is 5.41 Å². The largest absolute Gasteiger partial charge is 0.381 e. The maximum absolute atomic E-state index is 10.5. The zero-order valence-corrected chi connectivity index (χ0v) is 13.3. The average Bonchev–Trinajstić information content (AvgIpc) is 2.43. The lowest BCUT2D eigenvalue weighted by Gasteiger charge is -2.11. The fourth-order valence-corrected chi connectivity index (χ4v) is 1.37. The van der Waals surface area contributed by atoms with Gasteiger partial charge in [-0.15, -0.1) is 0 Å². The molecule has 3 heteroatoms. The second-order valence-corrected chi connectivity index (χ2v) is 6.15. The zero-order valence-electron chi connectivity index (χ0n) is 13.3. The number of hydrogen-bond acceptors (Lipinski definition) is 3. The predicted octanol–water partition coefficient (Wildman–Crippen LogP) is 4.00. The second kappa shape index (κ2) is 11.4. The van der Waals surface area contributed by atoms with Gasteiger partial charge in [0.25, 0.3) is 0 Å². The molecule has 0 atom stereocenters. The van der Waals surface area contributed by atoms with Crippen LogP contribution in [0.15, 0.2) is 0 Å². The Kier molecular flexibility index (Phi) is 11.2. The van der Waals surface area contributed by atoms with Crippen LogP contribution in [0.4, 0.5) is 0 Å². The van der Waals surface area contributed by atoms with Gasteiger partial charge < -0.3 is 9.47 Å².